The molecule has 0 saturated heterocycles. The third-order valence-electron chi connectivity index (χ3n) is 3.80. The third-order valence-corrected chi connectivity index (χ3v) is 3.80. The monoisotopic (exact) mass is 304 g/mol. The minimum atomic E-state index is -0.463. The molecule has 22 heavy (non-hydrogen) atoms. The minimum Gasteiger partial charge on any atom is -0.444 e. The first-order valence-corrected chi connectivity index (χ1v) is 8.02. The van der Waals surface area contributed by atoms with Gasteiger partial charge in [0.15, 0.2) is 0 Å². The highest BCUT2D eigenvalue weighted by Crippen LogP contribution is 2.29. The summed E-state index contributed by atoms with van der Waals surface area (Å²) in [4.78, 5) is 13.6. The number of carbonyl (C=O) groups excluding carboxylic acids is 1. The first kappa shape index (κ1) is 16.7. The van der Waals surface area contributed by atoms with Gasteiger partial charge in [0.25, 0.3) is 0 Å². The maximum atomic E-state index is 12.0. The van der Waals surface area contributed by atoms with Gasteiger partial charge in [-0.2, -0.15) is 0 Å². The van der Waals surface area contributed by atoms with Gasteiger partial charge in [-0.3, -0.25) is 0 Å². The summed E-state index contributed by atoms with van der Waals surface area (Å²) in [5.41, 5.74) is 1.77. The van der Waals surface area contributed by atoms with Crippen LogP contribution in [0.1, 0.15) is 46.1 Å². The molecular formula is C18H28N2O2. The lowest BCUT2D eigenvalue weighted by Gasteiger charge is -2.34. The fraction of sp³-hybridized carbons (Fsp3) is 0.611. The lowest BCUT2D eigenvalue weighted by molar-refractivity contribution is 0.0285. The highest BCUT2D eigenvalue weighted by molar-refractivity contribution is 5.67. The van der Waals surface area contributed by atoms with Gasteiger partial charge in [0.1, 0.15) is 5.60 Å². The summed E-state index contributed by atoms with van der Waals surface area (Å²) in [6, 6.07) is 8.86. The number of amides is 1. The molecule has 1 aromatic carbocycles. The Morgan fingerprint density at radius 3 is 2.64 bits per heavy atom. The number of anilines is 1. The molecule has 0 radical (unpaired) electrons. The van der Waals surface area contributed by atoms with Crippen LogP contribution in [0.15, 0.2) is 24.3 Å². The molecule has 1 N–H and O–H groups in total. The molecule has 4 nitrogen and oxygen atoms in total. The van der Waals surface area contributed by atoms with E-state index in [0.29, 0.717) is 12.6 Å². The Bertz CT molecular complexity index is 516. The Labute approximate surface area is 133 Å². The second-order valence-electron chi connectivity index (χ2n) is 7.45. The van der Waals surface area contributed by atoms with Gasteiger partial charge in [-0.15, -0.1) is 0 Å². The van der Waals surface area contributed by atoms with Crippen molar-refractivity contribution >= 4 is 11.8 Å². The van der Waals surface area contributed by atoms with Crippen LogP contribution in [0, 0.1) is 5.92 Å². The van der Waals surface area contributed by atoms with Crippen LogP contribution in [0.2, 0.25) is 0 Å². The van der Waals surface area contributed by atoms with Crippen molar-refractivity contribution < 1.29 is 9.53 Å². The molecule has 2 rings (SSSR count). The Morgan fingerprint density at radius 2 is 2.05 bits per heavy atom. The van der Waals surface area contributed by atoms with E-state index in [1.165, 1.54) is 12.8 Å². The average Bonchev–Trinajstić information content (AvgIpc) is 2.35. The zero-order valence-corrected chi connectivity index (χ0v) is 14.3. The molecule has 1 aliphatic rings. The normalized spacial score (nSPS) is 21.0. The molecule has 1 amide bonds. The van der Waals surface area contributed by atoms with Crippen LogP contribution in [0.3, 0.4) is 0 Å². The van der Waals surface area contributed by atoms with E-state index in [1.807, 2.05) is 32.9 Å². The van der Waals surface area contributed by atoms with Gasteiger partial charge in [0, 0.05) is 25.3 Å². The van der Waals surface area contributed by atoms with Gasteiger partial charge in [0.05, 0.1) is 0 Å². The SMILES string of the molecule is CC1CC(Nc2cccc(CN(C)C(=O)OC(C)(C)C)c2)C1. The maximum Gasteiger partial charge on any atom is 0.410 e. The molecule has 1 aromatic rings. The first-order valence-electron chi connectivity index (χ1n) is 8.02. The van der Waals surface area contributed by atoms with Crippen molar-refractivity contribution in [2.75, 3.05) is 12.4 Å². The van der Waals surface area contributed by atoms with Crippen LogP contribution in [0.4, 0.5) is 10.5 Å². The van der Waals surface area contributed by atoms with Gasteiger partial charge in [-0.05, 0) is 57.2 Å². The standard InChI is InChI=1S/C18H28N2O2/c1-13-9-16(10-13)19-15-8-6-7-14(11-15)12-20(5)17(21)22-18(2,3)4/h6-8,11,13,16,19H,9-10,12H2,1-5H3. The number of hydrogen-bond donors (Lipinski definition) is 1. The molecular weight excluding hydrogens is 276 g/mol. The van der Waals surface area contributed by atoms with Gasteiger partial charge in [0.2, 0.25) is 0 Å². The van der Waals surface area contributed by atoms with Crippen LogP contribution in [0.5, 0.6) is 0 Å². The highest BCUT2D eigenvalue weighted by atomic mass is 16.6. The predicted octanol–water partition coefficient (Wildman–Crippen LogP) is 4.26. The van der Waals surface area contributed by atoms with Crippen molar-refractivity contribution in [3.05, 3.63) is 29.8 Å². The molecule has 1 saturated carbocycles. The lowest BCUT2D eigenvalue weighted by Crippen LogP contribution is -2.34. The minimum absolute atomic E-state index is 0.293. The van der Waals surface area contributed by atoms with E-state index in [0.717, 1.165) is 17.2 Å². The summed E-state index contributed by atoms with van der Waals surface area (Å²) in [6.07, 6.45) is 2.18. The lowest BCUT2D eigenvalue weighted by atomic mass is 9.82. The van der Waals surface area contributed by atoms with E-state index < -0.39 is 5.60 Å². The van der Waals surface area contributed by atoms with E-state index >= 15 is 0 Å². The Balaban J connectivity index is 1.90. The number of nitrogens with zero attached hydrogens (tertiary/aromatic N) is 1. The second-order valence-corrected chi connectivity index (χ2v) is 7.45. The fourth-order valence-electron chi connectivity index (χ4n) is 2.69. The molecule has 0 atom stereocenters. The van der Waals surface area contributed by atoms with E-state index in [4.69, 9.17) is 4.74 Å². The third kappa shape index (κ3) is 4.93. The topological polar surface area (TPSA) is 41.6 Å². The van der Waals surface area contributed by atoms with Crippen molar-refractivity contribution in [2.24, 2.45) is 5.92 Å². The molecule has 4 heteroatoms. The van der Waals surface area contributed by atoms with Crippen LogP contribution in [-0.4, -0.2) is 29.7 Å². The van der Waals surface area contributed by atoms with Crippen LogP contribution in [-0.2, 0) is 11.3 Å². The summed E-state index contributed by atoms with van der Waals surface area (Å²) in [5, 5.41) is 3.56. The molecule has 1 fully saturated rings. The Morgan fingerprint density at radius 1 is 1.36 bits per heavy atom. The number of benzene rings is 1. The van der Waals surface area contributed by atoms with Gasteiger partial charge in [-0.1, -0.05) is 19.1 Å². The number of hydrogen-bond acceptors (Lipinski definition) is 3. The summed E-state index contributed by atoms with van der Waals surface area (Å²) in [7, 11) is 1.77. The van der Waals surface area contributed by atoms with Crippen molar-refractivity contribution in [1.29, 1.82) is 0 Å². The zero-order chi connectivity index (χ0) is 16.3. The predicted molar refractivity (Wildman–Crippen MR) is 90.0 cm³/mol. The van der Waals surface area contributed by atoms with E-state index in [9.17, 15) is 4.79 Å². The summed E-state index contributed by atoms with van der Waals surface area (Å²) in [6.45, 7) is 8.46. The molecule has 0 spiro atoms. The van der Waals surface area contributed by atoms with E-state index in [2.05, 4.69) is 24.4 Å². The number of carbonyl (C=O) groups is 1. The van der Waals surface area contributed by atoms with Crippen LogP contribution >= 0.6 is 0 Å². The molecule has 122 valence electrons. The summed E-state index contributed by atoms with van der Waals surface area (Å²) < 4.78 is 5.38. The van der Waals surface area contributed by atoms with Gasteiger partial charge in [-0.25, -0.2) is 4.79 Å². The number of nitrogens with one attached hydrogen (secondary N) is 1. The van der Waals surface area contributed by atoms with Crippen molar-refractivity contribution in [1.82, 2.24) is 4.90 Å². The van der Waals surface area contributed by atoms with E-state index in [-0.39, 0.29) is 6.09 Å². The van der Waals surface area contributed by atoms with E-state index in [1.54, 1.807) is 11.9 Å². The first-order chi connectivity index (χ1) is 10.2. The smallest absolute Gasteiger partial charge is 0.410 e. The van der Waals surface area contributed by atoms with Gasteiger partial charge < -0.3 is 15.0 Å². The maximum absolute atomic E-state index is 12.0. The Kier molecular flexibility index (Phi) is 4.99. The van der Waals surface area contributed by atoms with Crippen molar-refractivity contribution in [2.45, 2.75) is 58.7 Å². The number of ether oxygens (including phenoxy) is 1. The average molecular weight is 304 g/mol. The molecule has 0 heterocycles. The summed E-state index contributed by atoms with van der Waals surface area (Å²) in [5.74, 6) is 0.832. The van der Waals surface area contributed by atoms with Crippen LogP contribution in [0.25, 0.3) is 0 Å². The largest absolute Gasteiger partial charge is 0.444 e. The highest BCUT2D eigenvalue weighted by Gasteiger charge is 2.25. The van der Waals surface area contributed by atoms with Crippen molar-refractivity contribution in [3.8, 4) is 0 Å². The second kappa shape index (κ2) is 6.59. The van der Waals surface area contributed by atoms with Gasteiger partial charge >= 0.3 is 6.09 Å². The number of rotatable bonds is 4. The molecule has 1 aliphatic carbocycles. The Hall–Kier alpha value is -1.71. The molecule has 0 aromatic heterocycles. The van der Waals surface area contributed by atoms with Crippen molar-refractivity contribution in [3.63, 3.8) is 0 Å². The molecule has 0 aliphatic heterocycles. The quantitative estimate of drug-likeness (QED) is 0.903. The molecule has 0 unspecified atom stereocenters. The van der Waals surface area contributed by atoms with Crippen LogP contribution < -0.4 is 5.32 Å². The fourth-order valence-corrected chi connectivity index (χ4v) is 2.69. The molecule has 0 bridgehead atoms. The summed E-state index contributed by atoms with van der Waals surface area (Å²) >= 11 is 0. The zero-order valence-electron chi connectivity index (χ0n) is 14.3.